The maximum absolute atomic E-state index is 9.76. The quantitative estimate of drug-likeness (QED) is 0.796. The Morgan fingerprint density at radius 1 is 1.00 bits per heavy atom. The van der Waals surface area contributed by atoms with Crippen LogP contribution in [0.25, 0.3) is 0 Å². The van der Waals surface area contributed by atoms with E-state index >= 15 is 0 Å². The van der Waals surface area contributed by atoms with Gasteiger partial charge in [-0.2, -0.15) is 0 Å². The van der Waals surface area contributed by atoms with Crippen LogP contribution >= 0.6 is 0 Å². The zero-order valence-corrected chi connectivity index (χ0v) is 11.2. The Morgan fingerprint density at radius 3 is 2.47 bits per heavy atom. The molecule has 0 heterocycles. The first-order valence-corrected chi connectivity index (χ1v) is 6.70. The van der Waals surface area contributed by atoms with E-state index in [1.54, 1.807) is 12.1 Å². The van der Waals surface area contributed by atoms with Crippen LogP contribution in [0.2, 0.25) is 0 Å². The predicted octanol–water partition coefficient (Wildman–Crippen LogP) is 3.91. The van der Waals surface area contributed by atoms with Gasteiger partial charge in [0.2, 0.25) is 0 Å². The van der Waals surface area contributed by atoms with E-state index in [9.17, 15) is 10.2 Å². The van der Waals surface area contributed by atoms with E-state index in [0.29, 0.717) is 5.92 Å². The summed E-state index contributed by atoms with van der Waals surface area (Å²) >= 11 is 0. The van der Waals surface area contributed by atoms with Crippen molar-refractivity contribution in [1.29, 1.82) is 0 Å². The van der Waals surface area contributed by atoms with Gasteiger partial charge in [-0.25, -0.2) is 0 Å². The molecule has 100 valence electrons. The van der Waals surface area contributed by atoms with Crippen molar-refractivity contribution >= 4 is 0 Å². The van der Waals surface area contributed by atoms with Gasteiger partial charge in [-0.05, 0) is 54.5 Å². The van der Waals surface area contributed by atoms with Crippen molar-refractivity contribution in [3.63, 3.8) is 0 Å². The van der Waals surface area contributed by atoms with E-state index in [-0.39, 0.29) is 11.5 Å². The van der Waals surface area contributed by atoms with Crippen LogP contribution < -0.4 is 0 Å². The van der Waals surface area contributed by atoms with E-state index in [1.165, 1.54) is 11.6 Å². The lowest BCUT2D eigenvalue weighted by Gasteiger charge is -2.13. The fraction of sp³-hybridized carbons (Fsp3) is 0.294. The minimum atomic E-state index is 0.211. The minimum Gasteiger partial charge on any atom is -0.508 e. The SMILES string of the molecule is CC(CCc1ccccc1)Cc1cc(O)ccc1O. The van der Waals surface area contributed by atoms with E-state index < -0.39 is 0 Å². The second-order valence-electron chi connectivity index (χ2n) is 5.15. The number of phenols is 2. The zero-order valence-electron chi connectivity index (χ0n) is 11.2. The third kappa shape index (κ3) is 4.02. The molecule has 19 heavy (non-hydrogen) atoms. The highest BCUT2D eigenvalue weighted by Crippen LogP contribution is 2.26. The van der Waals surface area contributed by atoms with Crippen molar-refractivity contribution in [2.75, 3.05) is 0 Å². The van der Waals surface area contributed by atoms with Gasteiger partial charge in [0, 0.05) is 0 Å². The fourth-order valence-corrected chi connectivity index (χ4v) is 2.27. The van der Waals surface area contributed by atoms with Crippen LogP contribution in [-0.2, 0) is 12.8 Å². The third-order valence-electron chi connectivity index (χ3n) is 3.40. The summed E-state index contributed by atoms with van der Waals surface area (Å²) in [4.78, 5) is 0. The summed E-state index contributed by atoms with van der Waals surface area (Å²) in [6.45, 7) is 2.17. The Hall–Kier alpha value is -1.96. The molecule has 0 aliphatic rings. The Bertz CT molecular complexity index is 520. The monoisotopic (exact) mass is 256 g/mol. The van der Waals surface area contributed by atoms with Gasteiger partial charge in [0.25, 0.3) is 0 Å². The predicted molar refractivity (Wildman–Crippen MR) is 77.4 cm³/mol. The van der Waals surface area contributed by atoms with Gasteiger partial charge < -0.3 is 10.2 Å². The van der Waals surface area contributed by atoms with Crippen LogP contribution in [-0.4, -0.2) is 10.2 Å². The molecule has 2 heteroatoms. The number of hydrogen-bond acceptors (Lipinski definition) is 2. The molecule has 0 bridgehead atoms. The standard InChI is InChI=1S/C17H20O2/c1-13(7-8-14-5-3-2-4-6-14)11-15-12-16(18)9-10-17(15)19/h2-6,9-10,12-13,18-19H,7-8,11H2,1H3. The smallest absolute Gasteiger partial charge is 0.119 e. The van der Waals surface area contributed by atoms with Crippen molar-refractivity contribution < 1.29 is 10.2 Å². The normalized spacial score (nSPS) is 12.3. The topological polar surface area (TPSA) is 40.5 Å². The summed E-state index contributed by atoms with van der Waals surface area (Å²) < 4.78 is 0. The molecule has 0 saturated heterocycles. The number of aryl methyl sites for hydroxylation is 1. The van der Waals surface area contributed by atoms with Crippen LogP contribution in [0.5, 0.6) is 11.5 Å². The molecule has 1 unspecified atom stereocenters. The molecule has 0 saturated carbocycles. The molecule has 2 nitrogen and oxygen atoms in total. The van der Waals surface area contributed by atoms with Gasteiger partial charge in [0.05, 0.1) is 0 Å². The molecule has 0 amide bonds. The molecule has 2 N–H and O–H groups in total. The lowest BCUT2D eigenvalue weighted by Crippen LogP contribution is -2.02. The molecule has 0 aromatic heterocycles. The van der Waals surface area contributed by atoms with Crippen LogP contribution in [0.15, 0.2) is 48.5 Å². The number of benzene rings is 2. The second kappa shape index (κ2) is 6.28. The van der Waals surface area contributed by atoms with Gasteiger partial charge in [0.15, 0.2) is 0 Å². The molecule has 2 aromatic carbocycles. The van der Waals surface area contributed by atoms with Crippen molar-refractivity contribution in [2.45, 2.75) is 26.2 Å². The Labute approximate surface area is 114 Å². The van der Waals surface area contributed by atoms with E-state index in [4.69, 9.17) is 0 Å². The summed E-state index contributed by atoms with van der Waals surface area (Å²) in [5.41, 5.74) is 2.16. The first kappa shape index (κ1) is 13.5. The van der Waals surface area contributed by atoms with Crippen LogP contribution in [0.4, 0.5) is 0 Å². The molecule has 1 atom stereocenters. The average molecular weight is 256 g/mol. The third-order valence-corrected chi connectivity index (χ3v) is 3.40. The fourth-order valence-electron chi connectivity index (χ4n) is 2.27. The lowest BCUT2D eigenvalue weighted by atomic mass is 9.94. The molecule has 2 rings (SSSR count). The van der Waals surface area contributed by atoms with Gasteiger partial charge in [0.1, 0.15) is 11.5 Å². The molecular weight excluding hydrogens is 236 g/mol. The number of rotatable bonds is 5. The molecule has 0 radical (unpaired) electrons. The second-order valence-corrected chi connectivity index (χ2v) is 5.15. The highest BCUT2D eigenvalue weighted by molar-refractivity contribution is 5.38. The minimum absolute atomic E-state index is 0.211. The molecule has 0 fully saturated rings. The number of phenolic OH excluding ortho intramolecular Hbond substituents is 2. The molecular formula is C17H20O2. The first-order valence-electron chi connectivity index (χ1n) is 6.70. The summed E-state index contributed by atoms with van der Waals surface area (Å²) in [5.74, 6) is 0.945. The highest BCUT2D eigenvalue weighted by Gasteiger charge is 2.08. The molecule has 0 aliphatic carbocycles. The van der Waals surface area contributed by atoms with Crippen molar-refractivity contribution in [3.8, 4) is 11.5 Å². The van der Waals surface area contributed by atoms with Gasteiger partial charge >= 0.3 is 0 Å². The largest absolute Gasteiger partial charge is 0.508 e. The first-order chi connectivity index (χ1) is 9.15. The van der Waals surface area contributed by atoms with Crippen molar-refractivity contribution in [1.82, 2.24) is 0 Å². The molecule has 0 spiro atoms. The Morgan fingerprint density at radius 2 is 1.74 bits per heavy atom. The van der Waals surface area contributed by atoms with Crippen LogP contribution in [0.1, 0.15) is 24.5 Å². The van der Waals surface area contributed by atoms with Gasteiger partial charge in [-0.15, -0.1) is 0 Å². The number of aromatic hydroxyl groups is 2. The van der Waals surface area contributed by atoms with Gasteiger partial charge in [-0.1, -0.05) is 37.3 Å². The summed E-state index contributed by atoms with van der Waals surface area (Å²) in [6.07, 6.45) is 2.90. The average Bonchev–Trinajstić information content (AvgIpc) is 2.42. The maximum Gasteiger partial charge on any atom is 0.119 e. The van der Waals surface area contributed by atoms with E-state index in [1.807, 2.05) is 6.07 Å². The summed E-state index contributed by atoms with van der Waals surface area (Å²) in [5, 5.41) is 19.2. The molecule has 0 aliphatic heterocycles. The highest BCUT2D eigenvalue weighted by atomic mass is 16.3. The van der Waals surface area contributed by atoms with Crippen LogP contribution in [0, 0.1) is 5.92 Å². The zero-order chi connectivity index (χ0) is 13.7. The van der Waals surface area contributed by atoms with Crippen molar-refractivity contribution in [2.24, 2.45) is 5.92 Å². The van der Waals surface area contributed by atoms with E-state index in [2.05, 4.69) is 31.2 Å². The lowest BCUT2D eigenvalue weighted by molar-refractivity contribution is 0.443. The summed E-state index contributed by atoms with van der Waals surface area (Å²) in [7, 11) is 0. The van der Waals surface area contributed by atoms with E-state index in [0.717, 1.165) is 24.8 Å². The summed E-state index contributed by atoms with van der Waals surface area (Å²) in [6, 6.07) is 15.1. The number of hydrogen-bond donors (Lipinski definition) is 2. The Kier molecular flexibility index (Phi) is 4.45. The maximum atomic E-state index is 9.76. The van der Waals surface area contributed by atoms with Gasteiger partial charge in [-0.3, -0.25) is 0 Å². The van der Waals surface area contributed by atoms with Crippen molar-refractivity contribution in [3.05, 3.63) is 59.7 Å². The molecule has 2 aromatic rings. The Balaban J connectivity index is 1.90. The van der Waals surface area contributed by atoms with Crippen LogP contribution in [0.3, 0.4) is 0 Å².